The number of allylic oxidation sites excluding steroid dienone is 1. The van der Waals surface area contributed by atoms with E-state index in [1.807, 2.05) is 0 Å². The third-order valence-electron chi connectivity index (χ3n) is 4.39. The van der Waals surface area contributed by atoms with Crippen LogP contribution in [0.4, 0.5) is 22.4 Å². The molecule has 1 heterocycles. The number of nitro groups is 1. The number of amides is 1. The summed E-state index contributed by atoms with van der Waals surface area (Å²) in [4.78, 5) is 25.9. The van der Waals surface area contributed by atoms with Gasteiger partial charge in [-0.2, -0.15) is 13.2 Å². The SMILES string of the molecule is CC(C)(C)OC(=O)NC(C)(C)c1cc(/C(=C/[N+](=O)[O-])C(F)(F)F)nc(-c2ccc(F)c(Cl)c2)c1. The van der Waals surface area contributed by atoms with Gasteiger partial charge in [-0.05, 0) is 70.5 Å². The van der Waals surface area contributed by atoms with Gasteiger partial charge in [0, 0.05) is 5.56 Å². The predicted molar refractivity (Wildman–Crippen MR) is 118 cm³/mol. The molecule has 0 spiro atoms. The maximum atomic E-state index is 13.7. The highest BCUT2D eigenvalue weighted by atomic mass is 35.5. The fourth-order valence-corrected chi connectivity index (χ4v) is 3.03. The average molecular weight is 504 g/mol. The molecular formula is C22H22ClF4N3O4. The number of alkyl carbamates (subject to hydrolysis) is 1. The highest BCUT2D eigenvalue weighted by Crippen LogP contribution is 2.36. The van der Waals surface area contributed by atoms with Crippen LogP contribution in [0.25, 0.3) is 16.8 Å². The lowest BCUT2D eigenvalue weighted by Crippen LogP contribution is -2.44. The van der Waals surface area contributed by atoms with E-state index in [0.29, 0.717) is 0 Å². The van der Waals surface area contributed by atoms with E-state index >= 15 is 0 Å². The first-order valence-corrected chi connectivity index (χ1v) is 10.2. The molecule has 0 radical (unpaired) electrons. The van der Waals surface area contributed by atoms with E-state index in [1.165, 1.54) is 26.0 Å². The Balaban J connectivity index is 2.72. The van der Waals surface area contributed by atoms with Crippen LogP contribution in [0.2, 0.25) is 5.02 Å². The lowest BCUT2D eigenvalue weighted by atomic mass is 9.91. The van der Waals surface area contributed by atoms with E-state index in [1.54, 1.807) is 20.8 Å². The van der Waals surface area contributed by atoms with Crippen molar-refractivity contribution in [2.24, 2.45) is 0 Å². The Kier molecular flexibility index (Phi) is 7.61. The van der Waals surface area contributed by atoms with Gasteiger partial charge in [0.05, 0.1) is 26.9 Å². The van der Waals surface area contributed by atoms with Crippen molar-refractivity contribution in [1.82, 2.24) is 10.3 Å². The molecule has 12 heteroatoms. The molecule has 1 N–H and O–H groups in total. The van der Waals surface area contributed by atoms with E-state index in [2.05, 4.69) is 10.3 Å². The van der Waals surface area contributed by atoms with Gasteiger partial charge in [-0.25, -0.2) is 14.2 Å². The molecule has 0 bridgehead atoms. The van der Waals surface area contributed by atoms with Crippen LogP contribution >= 0.6 is 11.6 Å². The van der Waals surface area contributed by atoms with Crippen molar-refractivity contribution in [3.63, 3.8) is 0 Å². The van der Waals surface area contributed by atoms with Gasteiger partial charge in [-0.1, -0.05) is 11.6 Å². The molecule has 0 unspecified atom stereocenters. The summed E-state index contributed by atoms with van der Waals surface area (Å²) in [5, 5.41) is 13.2. The van der Waals surface area contributed by atoms with Crippen molar-refractivity contribution in [1.29, 1.82) is 0 Å². The predicted octanol–water partition coefficient (Wildman–Crippen LogP) is 6.48. The number of carbonyl (C=O) groups is 1. The monoisotopic (exact) mass is 503 g/mol. The van der Waals surface area contributed by atoms with Crippen LogP contribution in [-0.4, -0.2) is 27.8 Å². The minimum atomic E-state index is -5.11. The van der Waals surface area contributed by atoms with Crippen LogP contribution < -0.4 is 5.32 Å². The first-order chi connectivity index (χ1) is 15.4. The largest absolute Gasteiger partial charge is 0.444 e. The van der Waals surface area contributed by atoms with Gasteiger partial charge >= 0.3 is 12.3 Å². The molecule has 0 aliphatic carbocycles. The van der Waals surface area contributed by atoms with Gasteiger partial charge < -0.3 is 10.1 Å². The van der Waals surface area contributed by atoms with Crippen LogP contribution in [0.15, 0.2) is 36.5 Å². The number of halogens is 5. The van der Waals surface area contributed by atoms with Gasteiger partial charge in [0.1, 0.15) is 11.4 Å². The van der Waals surface area contributed by atoms with Crippen molar-refractivity contribution in [2.45, 2.75) is 51.9 Å². The molecule has 0 aliphatic heterocycles. The van der Waals surface area contributed by atoms with E-state index in [-0.39, 0.29) is 28.0 Å². The molecule has 7 nitrogen and oxygen atoms in total. The number of hydrogen-bond donors (Lipinski definition) is 1. The zero-order valence-corrected chi connectivity index (χ0v) is 19.6. The molecule has 2 aromatic rings. The summed E-state index contributed by atoms with van der Waals surface area (Å²) in [6.45, 7) is 7.92. The molecular weight excluding hydrogens is 482 g/mol. The van der Waals surface area contributed by atoms with E-state index in [4.69, 9.17) is 16.3 Å². The summed E-state index contributed by atoms with van der Waals surface area (Å²) >= 11 is 5.81. The number of nitrogens with zero attached hydrogens (tertiary/aromatic N) is 2. The van der Waals surface area contributed by atoms with Gasteiger partial charge in [0.25, 0.3) is 0 Å². The molecule has 1 aromatic heterocycles. The summed E-state index contributed by atoms with van der Waals surface area (Å²) in [7, 11) is 0. The molecule has 1 amide bonds. The highest BCUT2D eigenvalue weighted by molar-refractivity contribution is 6.31. The third kappa shape index (κ3) is 7.14. The van der Waals surface area contributed by atoms with Crippen LogP contribution in [-0.2, 0) is 10.3 Å². The molecule has 34 heavy (non-hydrogen) atoms. The highest BCUT2D eigenvalue weighted by Gasteiger charge is 2.40. The number of rotatable bonds is 5. The number of benzene rings is 1. The number of alkyl halides is 3. The standard InChI is InChI=1S/C22H22ClF4N3O4/c1-20(2,3)34-19(31)29-21(4,5)13-9-17(12-6-7-16(24)15(23)8-12)28-18(10-13)14(11-30(32)33)22(25,26)27/h6-11H,1-5H3,(H,29,31)/b14-11-. The van der Waals surface area contributed by atoms with Crippen LogP contribution in [0.3, 0.4) is 0 Å². The van der Waals surface area contributed by atoms with Gasteiger partial charge in [0.2, 0.25) is 6.20 Å². The molecule has 184 valence electrons. The molecule has 0 saturated carbocycles. The van der Waals surface area contributed by atoms with Crippen molar-refractivity contribution < 1.29 is 32.0 Å². The zero-order valence-electron chi connectivity index (χ0n) is 18.9. The van der Waals surface area contributed by atoms with Crippen LogP contribution in [0.1, 0.15) is 45.9 Å². The zero-order chi connectivity index (χ0) is 26.1. The average Bonchev–Trinajstić information content (AvgIpc) is 2.65. The Morgan fingerprint density at radius 3 is 2.26 bits per heavy atom. The van der Waals surface area contributed by atoms with E-state index in [9.17, 15) is 32.5 Å². The number of hydrogen-bond acceptors (Lipinski definition) is 5. The molecule has 2 rings (SSSR count). The van der Waals surface area contributed by atoms with Crippen molar-refractivity contribution >= 4 is 23.3 Å². The minimum absolute atomic E-state index is 0.0769. The minimum Gasteiger partial charge on any atom is -0.444 e. The van der Waals surface area contributed by atoms with Gasteiger partial charge in [-0.3, -0.25) is 10.1 Å². The van der Waals surface area contributed by atoms with Crippen LogP contribution in [0.5, 0.6) is 0 Å². The maximum absolute atomic E-state index is 13.7. The Labute approximate surface area is 197 Å². The van der Waals surface area contributed by atoms with Crippen molar-refractivity contribution in [3.8, 4) is 11.3 Å². The third-order valence-corrected chi connectivity index (χ3v) is 4.68. The lowest BCUT2D eigenvalue weighted by molar-refractivity contribution is -0.402. The van der Waals surface area contributed by atoms with Crippen LogP contribution in [0, 0.1) is 15.9 Å². The quantitative estimate of drug-likeness (QED) is 0.286. The topological polar surface area (TPSA) is 94.4 Å². The number of aromatic nitrogens is 1. The lowest BCUT2D eigenvalue weighted by Gasteiger charge is -2.30. The maximum Gasteiger partial charge on any atom is 0.424 e. The molecule has 0 aliphatic rings. The Bertz CT molecular complexity index is 1140. The van der Waals surface area contributed by atoms with E-state index in [0.717, 1.165) is 18.2 Å². The van der Waals surface area contributed by atoms with Gasteiger partial charge in [-0.15, -0.1) is 0 Å². The fraction of sp³-hybridized carbons (Fsp3) is 0.364. The number of pyridine rings is 1. The molecule has 0 atom stereocenters. The Morgan fingerprint density at radius 1 is 1.15 bits per heavy atom. The second kappa shape index (κ2) is 9.57. The van der Waals surface area contributed by atoms with E-state index < -0.39 is 45.4 Å². The Morgan fingerprint density at radius 2 is 1.76 bits per heavy atom. The first-order valence-electron chi connectivity index (χ1n) is 9.81. The number of ether oxygens (including phenoxy) is 1. The van der Waals surface area contributed by atoms with Crippen molar-refractivity contribution in [3.05, 3.63) is 68.7 Å². The fourth-order valence-electron chi connectivity index (χ4n) is 2.85. The summed E-state index contributed by atoms with van der Waals surface area (Å²) in [6.07, 6.45) is -6.14. The summed E-state index contributed by atoms with van der Waals surface area (Å²) in [6, 6.07) is 5.76. The Hall–Kier alpha value is -3.21. The van der Waals surface area contributed by atoms with Gasteiger partial charge in [0.15, 0.2) is 5.57 Å². The molecule has 1 aromatic carbocycles. The summed E-state index contributed by atoms with van der Waals surface area (Å²) in [5.74, 6) is -0.752. The number of nitrogens with one attached hydrogen (secondary N) is 1. The normalized spacial score (nSPS) is 12.9. The smallest absolute Gasteiger partial charge is 0.424 e. The van der Waals surface area contributed by atoms with Crippen molar-refractivity contribution in [2.75, 3.05) is 0 Å². The molecule has 0 saturated heterocycles. The first kappa shape index (κ1) is 27.0. The summed E-state index contributed by atoms with van der Waals surface area (Å²) in [5.41, 5.74) is -4.31. The second-order valence-corrected chi connectivity index (χ2v) is 9.24. The summed E-state index contributed by atoms with van der Waals surface area (Å²) < 4.78 is 59.8. The molecule has 0 fully saturated rings. The number of carbonyl (C=O) groups excluding carboxylic acids is 1. The second-order valence-electron chi connectivity index (χ2n) is 8.83.